The van der Waals surface area contributed by atoms with Crippen LogP contribution in [0.4, 0.5) is 13.2 Å². The highest BCUT2D eigenvalue weighted by Crippen LogP contribution is 2.48. The zero-order chi connectivity index (χ0) is 25.3. The number of carbonyl (C=O) groups excluding carboxylic acids is 2. The van der Waals surface area contributed by atoms with E-state index < -0.39 is 11.7 Å². The van der Waals surface area contributed by atoms with Crippen molar-refractivity contribution in [3.8, 4) is 0 Å². The summed E-state index contributed by atoms with van der Waals surface area (Å²) in [6, 6.07) is 13.7. The van der Waals surface area contributed by atoms with Gasteiger partial charge in [-0.15, -0.1) is 0 Å². The number of Topliss-reactive ketones (excluding diaryl/α,β-unsaturated/α-hetero) is 2. The second kappa shape index (κ2) is 9.60. The second-order valence-corrected chi connectivity index (χ2v) is 9.05. The predicted molar refractivity (Wildman–Crippen MR) is 127 cm³/mol. The standard InChI is InChI=1S/C28H22F3N3O2/c29-28(30,31)24-16-32-15-20-6-5-17(11-22(20)24)12-26(36)23-14-21(23)18-3-1-4-19(13-18)25(35)7-8-27-33-9-2-10-34-27/h1-6,9-11,13,15-16,21,23H,7-8,12,14H2/t21-,23+/m0/s1. The van der Waals surface area contributed by atoms with Crippen LogP contribution < -0.4 is 0 Å². The maximum atomic E-state index is 13.4. The molecule has 182 valence electrons. The molecular formula is C28H22F3N3O2. The first-order valence-corrected chi connectivity index (χ1v) is 11.7. The number of pyridine rings is 1. The molecule has 0 spiro atoms. The predicted octanol–water partition coefficient (Wildman–Crippen LogP) is 5.77. The summed E-state index contributed by atoms with van der Waals surface area (Å²) < 4.78 is 40.1. The van der Waals surface area contributed by atoms with E-state index in [0.717, 1.165) is 11.8 Å². The third kappa shape index (κ3) is 5.17. The number of rotatable bonds is 8. The molecule has 5 nitrogen and oxygen atoms in total. The molecule has 1 aliphatic carbocycles. The van der Waals surface area contributed by atoms with E-state index >= 15 is 0 Å². The Morgan fingerprint density at radius 1 is 0.972 bits per heavy atom. The van der Waals surface area contributed by atoms with Crippen LogP contribution in [-0.2, 0) is 23.8 Å². The van der Waals surface area contributed by atoms with Gasteiger partial charge in [-0.1, -0.05) is 30.3 Å². The summed E-state index contributed by atoms with van der Waals surface area (Å²) in [6.07, 6.45) is 2.42. The third-order valence-electron chi connectivity index (χ3n) is 6.54. The average Bonchev–Trinajstić information content (AvgIpc) is 3.68. The van der Waals surface area contributed by atoms with E-state index in [9.17, 15) is 22.8 Å². The first kappa shape index (κ1) is 23.8. The maximum Gasteiger partial charge on any atom is 0.418 e. The number of hydrogen-bond donors (Lipinski definition) is 0. The van der Waals surface area contributed by atoms with Gasteiger partial charge in [-0.2, -0.15) is 13.2 Å². The van der Waals surface area contributed by atoms with Gasteiger partial charge in [0.25, 0.3) is 0 Å². The fourth-order valence-corrected chi connectivity index (χ4v) is 4.57. The minimum atomic E-state index is -4.52. The number of alkyl halides is 3. The van der Waals surface area contributed by atoms with Crippen LogP contribution in [0.5, 0.6) is 0 Å². The summed E-state index contributed by atoms with van der Waals surface area (Å²) in [5.41, 5.74) is 1.25. The van der Waals surface area contributed by atoms with E-state index in [4.69, 9.17) is 0 Å². The number of nitrogens with zero attached hydrogens (tertiary/aromatic N) is 3. The molecule has 36 heavy (non-hydrogen) atoms. The summed E-state index contributed by atoms with van der Waals surface area (Å²) in [4.78, 5) is 37.6. The molecule has 1 saturated carbocycles. The molecule has 0 amide bonds. The first-order chi connectivity index (χ1) is 17.3. The summed E-state index contributed by atoms with van der Waals surface area (Å²) in [5.74, 6) is 0.391. The van der Waals surface area contributed by atoms with E-state index in [1.165, 1.54) is 12.3 Å². The van der Waals surface area contributed by atoms with Gasteiger partial charge in [0.15, 0.2) is 5.78 Å². The van der Waals surface area contributed by atoms with Crippen LogP contribution in [0.3, 0.4) is 0 Å². The highest BCUT2D eigenvalue weighted by atomic mass is 19.4. The van der Waals surface area contributed by atoms with Gasteiger partial charge in [0.1, 0.15) is 11.6 Å². The normalized spacial score (nSPS) is 17.2. The van der Waals surface area contributed by atoms with Crippen LogP contribution in [-0.4, -0.2) is 26.5 Å². The Morgan fingerprint density at radius 2 is 1.78 bits per heavy atom. The van der Waals surface area contributed by atoms with Crippen molar-refractivity contribution in [3.63, 3.8) is 0 Å². The van der Waals surface area contributed by atoms with Crippen LogP contribution in [0.2, 0.25) is 0 Å². The van der Waals surface area contributed by atoms with Crippen LogP contribution in [0, 0.1) is 5.92 Å². The second-order valence-electron chi connectivity index (χ2n) is 9.05. The number of benzene rings is 2. The molecule has 0 N–H and O–H groups in total. The lowest BCUT2D eigenvalue weighted by Crippen LogP contribution is -2.09. The largest absolute Gasteiger partial charge is 0.418 e. The lowest BCUT2D eigenvalue weighted by molar-refractivity contribution is -0.136. The van der Waals surface area contributed by atoms with E-state index in [0.29, 0.717) is 35.2 Å². The number of carbonyl (C=O) groups is 2. The quantitative estimate of drug-likeness (QED) is 0.294. The molecule has 0 aliphatic heterocycles. The molecule has 0 saturated heterocycles. The summed E-state index contributed by atoms with van der Waals surface area (Å²) >= 11 is 0. The van der Waals surface area contributed by atoms with Gasteiger partial charge in [0, 0.05) is 60.9 Å². The molecule has 8 heteroatoms. The molecule has 5 rings (SSSR count). The van der Waals surface area contributed by atoms with Crippen LogP contribution in [0.15, 0.2) is 73.3 Å². The molecule has 4 aromatic rings. The van der Waals surface area contributed by atoms with E-state index in [1.54, 1.807) is 36.7 Å². The maximum absolute atomic E-state index is 13.4. The van der Waals surface area contributed by atoms with Crippen molar-refractivity contribution in [1.29, 1.82) is 0 Å². The molecule has 2 aromatic heterocycles. The summed E-state index contributed by atoms with van der Waals surface area (Å²) in [7, 11) is 0. The fraction of sp³-hybridized carbons (Fsp3) is 0.250. The van der Waals surface area contributed by atoms with E-state index in [2.05, 4.69) is 15.0 Å². The molecule has 2 atom stereocenters. The molecule has 0 radical (unpaired) electrons. The molecule has 1 aliphatic rings. The molecule has 0 bridgehead atoms. The van der Waals surface area contributed by atoms with Gasteiger partial charge < -0.3 is 0 Å². The Hall–Kier alpha value is -3.94. The molecule has 2 heterocycles. The third-order valence-corrected chi connectivity index (χ3v) is 6.54. The van der Waals surface area contributed by atoms with Gasteiger partial charge in [0.05, 0.1) is 5.56 Å². The van der Waals surface area contributed by atoms with Crippen molar-refractivity contribution < 1.29 is 22.8 Å². The van der Waals surface area contributed by atoms with Gasteiger partial charge >= 0.3 is 6.18 Å². The molecule has 1 fully saturated rings. The number of aromatic nitrogens is 3. The van der Waals surface area contributed by atoms with Crippen LogP contribution >= 0.6 is 0 Å². The van der Waals surface area contributed by atoms with Crippen molar-refractivity contribution in [1.82, 2.24) is 15.0 Å². The number of hydrogen-bond acceptors (Lipinski definition) is 5. The van der Waals surface area contributed by atoms with Gasteiger partial charge in [0.2, 0.25) is 0 Å². The topological polar surface area (TPSA) is 72.8 Å². The molecule has 2 aromatic carbocycles. The lowest BCUT2D eigenvalue weighted by Gasteiger charge is -2.11. The van der Waals surface area contributed by atoms with Crippen LogP contribution in [0.1, 0.15) is 51.6 Å². The number of fused-ring (bicyclic) bond motifs is 1. The minimum Gasteiger partial charge on any atom is -0.299 e. The van der Waals surface area contributed by atoms with Crippen molar-refractivity contribution in [2.24, 2.45) is 5.92 Å². The Morgan fingerprint density at radius 3 is 2.56 bits per heavy atom. The van der Waals surface area contributed by atoms with E-state index in [-0.39, 0.29) is 41.6 Å². The SMILES string of the molecule is O=C(CCc1ncccn1)c1cccc([C@@H]2C[C@H]2C(=O)Cc2ccc3cncc(C(F)(F)F)c3c2)c1. The van der Waals surface area contributed by atoms with E-state index in [1.807, 2.05) is 18.2 Å². The average molecular weight is 489 g/mol. The number of ketones is 2. The number of aryl methyl sites for hydroxylation is 1. The highest BCUT2D eigenvalue weighted by molar-refractivity contribution is 5.96. The zero-order valence-electron chi connectivity index (χ0n) is 19.2. The van der Waals surface area contributed by atoms with Crippen molar-refractivity contribution >= 4 is 22.3 Å². The lowest BCUT2D eigenvalue weighted by atomic mass is 9.97. The summed E-state index contributed by atoms with van der Waals surface area (Å²) in [6.45, 7) is 0. The van der Waals surface area contributed by atoms with Crippen LogP contribution in [0.25, 0.3) is 10.8 Å². The monoisotopic (exact) mass is 489 g/mol. The van der Waals surface area contributed by atoms with Crippen molar-refractivity contribution in [2.75, 3.05) is 0 Å². The fourth-order valence-electron chi connectivity index (χ4n) is 4.57. The zero-order valence-corrected chi connectivity index (χ0v) is 19.2. The Balaban J connectivity index is 1.25. The Kier molecular flexibility index (Phi) is 6.35. The van der Waals surface area contributed by atoms with Gasteiger partial charge in [-0.05, 0) is 47.1 Å². The number of halogens is 3. The first-order valence-electron chi connectivity index (χ1n) is 11.7. The summed E-state index contributed by atoms with van der Waals surface area (Å²) in [5, 5.41) is 0.424. The Bertz CT molecular complexity index is 1440. The molecule has 0 unspecified atom stereocenters. The highest BCUT2D eigenvalue weighted by Gasteiger charge is 2.43. The van der Waals surface area contributed by atoms with Gasteiger partial charge in [-0.3, -0.25) is 14.6 Å². The van der Waals surface area contributed by atoms with Crippen molar-refractivity contribution in [2.45, 2.75) is 37.8 Å². The molecular weight excluding hydrogens is 467 g/mol. The smallest absolute Gasteiger partial charge is 0.299 e. The van der Waals surface area contributed by atoms with Gasteiger partial charge in [-0.25, -0.2) is 9.97 Å². The van der Waals surface area contributed by atoms with Crippen molar-refractivity contribution in [3.05, 3.63) is 101 Å². The minimum absolute atomic E-state index is 0.0121. The Labute approximate surface area is 205 Å².